The van der Waals surface area contributed by atoms with E-state index >= 15 is 0 Å². The van der Waals surface area contributed by atoms with Crippen LogP contribution < -0.4 is 0 Å². The molecule has 0 aromatic heterocycles. The van der Waals surface area contributed by atoms with Crippen molar-refractivity contribution in [3.05, 3.63) is 40.5 Å². The van der Waals surface area contributed by atoms with E-state index < -0.39 is 0 Å². The van der Waals surface area contributed by atoms with E-state index in [1.165, 1.54) is 11.1 Å². The molecule has 0 aliphatic carbocycles. The van der Waals surface area contributed by atoms with E-state index in [2.05, 4.69) is 26.0 Å². The van der Waals surface area contributed by atoms with Crippen molar-refractivity contribution in [3.8, 4) is 0 Å². The van der Waals surface area contributed by atoms with Gasteiger partial charge < -0.3 is 4.74 Å². The number of hydrogen-bond donors (Lipinski definition) is 0. The van der Waals surface area contributed by atoms with E-state index in [0.29, 0.717) is 12.2 Å². The second-order valence-electron chi connectivity index (χ2n) is 4.27. The molecule has 0 heterocycles. The highest BCUT2D eigenvalue weighted by Gasteiger charge is 2.10. The minimum Gasteiger partial charge on any atom is -0.463 e. The van der Waals surface area contributed by atoms with Crippen LogP contribution in [0.3, 0.4) is 0 Å². The molecular weight excluding hydrogens is 212 g/mol. The zero-order chi connectivity index (χ0) is 13.0. The Morgan fingerprint density at radius 1 is 1.18 bits per heavy atom. The lowest BCUT2D eigenvalue weighted by Crippen LogP contribution is -2.06. The monoisotopic (exact) mass is 232 g/mol. The van der Waals surface area contributed by atoms with Crippen molar-refractivity contribution in [3.63, 3.8) is 0 Å². The van der Waals surface area contributed by atoms with Gasteiger partial charge in [-0.05, 0) is 56.9 Å². The van der Waals surface area contributed by atoms with Gasteiger partial charge in [-0.3, -0.25) is 0 Å². The maximum atomic E-state index is 11.6. The Morgan fingerprint density at radius 2 is 1.82 bits per heavy atom. The number of esters is 1. The normalized spacial score (nSPS) is 12.1. The topological polar surface area (TPSA) is 26.3 Å². The molecule has 1 rings (SSSR count). The Bertz CT molecular complexity index is 456. The predicted octanol–water partition coefficient (Wildman–Crippen LogP) is 3.66. The van der Waals surface area contributed by atoms with E-state index in [1.807, 2.05) is 26.8 Å². The third-order valence-electron chi connectivity index (χ3n) is 3.08. The van der Waals surface area contributed by atoms with Crippen LogP contribution in [0.25, 0.3) is 5.57 Å². The first-order valence-electron chi connectivity index (χ1n) is 5.89. The van der Waals surface area contributed by atoms with Crippen LogP contribution in [0.4, 0.5) is 0 Å². The SMILES string of the molecule is CCOC(=O)/C(C)=C(/C)c1ccc(C)c(C)c1. The Labute approximate surface area is 103 Å². The first-order valence-corrected chi connectivity index (χ1v) is 5.89. The number of allylic oxidation sites excluding steroid dienone is 1. The molecule has 1 aromatic carbocycles. The smallest absolute Gasteiger partial charge is 0.333 e. The van der Waals surface area contributed by atoms with Gasteiger partial charge in [0.25, 0.3) is 0 Å². The summed E-state index contributed by atoms with van der Waals surface area (Å²) in [6, 6.07) is 6.22. The predicted molar refractivity (Wildman–Crippen MR) is 70.8 cm³/mol. The maximum absolute atomic E-state index is 11.6. The van der Waals surface area contributed by atoms with Gasteiger partial charge in [0, 0.05) is 5.57 Å². The lowest BCUT2D eigenvalue weighted by atomic mass is 9.98. The zero-order valence-corrected chi connectivity index (χ0v) is 11.3. The second-order valence-corrected chi connectivity index (χ2v) is 4.27. The van der Waals surface area contributed by atoms with Gasteiger partial charge in [0.05, 0.1) is 6.61 Å². The standard InChI is InChI=1S/C15H20O2/c1-6-17-15(16)13(5)12(4)14-8-7-10(2)11(3)9-14/h7-9H,6H2,1-5H3/b13-12-. The van der Waals surface area contributed by atoms with Crippen molar-refractivity contribution < 1.29 is 9.53 Å². The minimum atomic E-state index is -0.233. The molecule has 0 amide bonds. The molecule has 0 bridgehead atoms. The molecule has 0 aliphatic heterocycles. The molecule has 2 nitrogen and oxygen atoms in total. The molecule has 0 fully saturated rings. The Balaban J connectivity index is 3.09. The lowest BCUT2D eigenvalue weighted by Gasteiger charge is -2.09. The summed E-state index contributed by atoms with van der Waals surface area (Å²) in [4.78, 5) is 11.6. The van der Waals surface area contributed by atoms with Crippen LogP contribution >= 0.6 is 0 Å². The fourth-order valence-corrected chi connectivity index (χ4v) is 1.58. The molecule has 1 aromatic rings. The van der Waals surface area contributed by atoms with Crippen molar-refractivity contribution in [2.45, 2.75) is 34.6 Å². The highest BCUT2D eigenvalue weighted by molar-refractivity contribution is 5.96. The number of rotatable bonds is 3. The number of aryl methyl sites for hydroxylation is 2. The molecule has 2 heteroatoms. The van der Waals surface area contributed by atoms with Crippen molar-refractivity contribution in [1.82, 2.24) is 0 Å². The highest BCUT2D eigenvalue weighted by atomic mass is 16.5. The third-order valence-corrected chi connectivity index (χ3v) is 3.08. The van der Waals surface area contributed by atoms with Crippen molar-refractivity contribution in [2.24, 2.45) is 0 Å². The average Bonchev–Trinajstić information content (AvgIpc) is 2.31. The van der Waals surface area contributed by atoms with E-state index in [4.69, 9.17) is 4.74 Å². The Morgan fingerprint density at radius 3 is 2.35 bits per heavy atom. The van der Waals surface area contributed by atoms with Gasteiger partial charge in [-0.1, -0.05) is 18.2 Å². The van der Waals surface area contributed by atoms with Gasteiger partial charge in [0.15, 0.2) is 0 Å². The van der Waals surface area contributed by atoms with Crippen LogP contribution in [-0.2, 0) is 9.53 Å². The van der Waals surface area contributed by atoms with E-state index in [-0.39, 0.29) is 5.97 Å². The summed E-state index contributed by atoms with van der Waals surface area (Å²) in [6.45, 7) is 10.1. The van der Waals surface area contributed by atoms with E-state index in [0.717, 1.165) is 11.1 Å². The molecule has 0 atom stereocenters. The van der Waals surface area contributed by atoms with Crippen LogP contribution in [0.5, 0.6) is 0 Å². The van der Waals surface area contributed by atoms with Gasteiger partial charge in [-0.15, -0.1) is 0 Å². The Kier molecular flexibility index (Phi) is 4.50. The molecule has 0 saturated heterocycles. The van der Waals surface area contributed by atoms with Crippen LogP contribution in [-0.4, -0.2) is 12.6 Å². The molecule has 0 saturated carbocycles. The lowest BCUT2D eigenvalue weighted by molar-refractivity contribution is -0.138. The van der Waals surface area contributed by atoms with Crippen molar-refractivity contribution in [1.29, 1.82) is 0 Å². The first-order chi connectivity index (χ1) is 7.97. The molecule has 0 unspecified atom stereocenters. The molecule has 92 valence electrons. The summed E-state index contributed by atoms with van der Waals surface area (Å²) >= 11 is 0. The molecule has 0 aliphatic rings. The summed E-state index contributed by atoms with van der Waals surface area (Å²) in [5.74, 6) is -0.233. The van der Waals surface area contributed by atoms with Gasteiger partial charge >= 0.3 is 5.97 Å². The molecule has 0 N–H and O–H groups in total. The summed E-state index contributed by atoms with van der Waals surface area (Å²) in [7, 11) is 0. The molecule has 17 heavy (non-hydrogen) atoms. The van der Waals surface area contributed by atoms with Crippen LogP contribution in [0.2, 0.25) is 0 Å². The summed E-state index contributed by atoms with van der Waals surface area (Å²) in [5, 5.41) is 0. The van der Waals surface area contributed by atoms with Crippen molar-refractivity contribution in [2.75, 3.05) is 6.61 Å². The van der Waals surface area contributed by atoms with Gasteiger partial charge in [-0.25, -0.2) is 4.79 Å². The number of carbonyl (C=O) groups excluding carboxylic acids is 1. The highest BCUT2D eigenvalue weighted by Crippen LogP contribution is 2.21. The number of hydrogen-bond acceptors (Lipinski definition) is 2. The van der Waals surface area contributed by atoms with Gasteiger partial charge in [0.1, 0.15) is 0 Å². The summed E-state index contributed by atoms with van der Waals surface area (Å²) in [6.07, 6.45) is 0. The molecule has 0 radical (unpaired) electrons. The number of benzene rings is 1. The first kappa shape index (κ1) is 13.5. The van der Waals surface area contributed by atoms with Crippen molar-refractivity contribution >= 4 is 11.5 Å². The molecule has 0 spiro atoms. The fourth-order valence-electron chi connectivity index (χ4n) is 1.58. The third kappa shape index (κ3) is 3.19. The minimum absolute atomic E-state index is 0.233. The average molecular weight is 232 g/mol. The number of carbonyl (C=O) groups is 1. The second kappa shape index (κ2) is 5.67. The van der Waals surface area contributed by atoms with E-state index in [1.54, 1.807) is 0 Å². The number of ether oxygens (including phenoxy) is 1. The zero-order valence-electron chi connectivity index (χ0n) is 11.3. The van der Waals surface area contributed by atoms with Crippen LogP contribution in [0.1, 0.15) is 37.5 Å². The maximum Gasteiger partial charge on any atom is 0.333 e. The van der Waals surface area contributed by atoms with Crippen LogP contribution in [0, 0.1) is 13.8 Å². The van der Waals surface area contributed by atoms with E-state index in [9.17, 15) is 4.79 Å². The summed E-state index contributed by atoms with van der Waals surface area (Å²) in [5.41, 5.74) is 5.23. The Hall–Kier alpha value is -1.57. The fraction of sp³-hybridized carbons (Fsp3) is 0.400. The largest absolute Gasteiger partial charge is 0.463 e. The quantitative estimate of drug-likeness (QED) is 0.587. The van der Waals surface area contributed by atoms with Gasteiger partial charge in [-0.2, -0.15) is 0 Å². The summed E-state index contributed by atoms with van der Waals surface area (Å²) < 4.78 is 5.00. The molecular formula is C15H20O2. The van der Waals surface area contributed by atoms with Gasteiger partial charge in [0.2, 0.25) is 0 Å². The van der Waals surface area contributed by atoms with Crippen LogP contribution in [0.15, 0.2) is 23.8 Å².